The van der Waals surface area contributed by atoms with Gasteiger partial charge in [0.25, 0.3) is 0 Å². The lowest BCUT2D eigenvalue weighted by Gasteiger charge is -2.02. The second kappa shape index (κ2) is 2.90. The lowest BCUT2D eigenvalue weighted by molar-refractivity contribution is 0.481. The summed E-state index contributed by atoms with van der Waals surface area (Å²) in [6.45, 7) is 3.65. The Balaban J connectivity index is 2.94. The first kappa shape index (κ1) is 7.80. The summed E-state index contributed by atoms with van der Waals surface area (Å²) in [4.78, 5) is 4.11. The Morgan fingerprint density at radius 2 is 2.15 bits per heavy atom. The van der Waals surface area contributed by atoms with Crippen LogP contribution in [-0.4, -0.2) is 10.1 Å². The first-order chi connectivity index (χ1) is 6.33. The lowest BCUT2D eigenvalue weighted by Crippen LogP contribution is -1.83. The summed E-state index contributed by atoms with van der Waals surface area (Å²) in [6, 6.07) is 7.26. The number of pyridine rings is 1. The van der Waals surface area contributed by atoms with Crippen molar-refractivity contribution in [3.8, 4) is 5.75 Å². The van der Waals surface area contributed by atoms with Crippen LogP contribution in [0.2, 0.25) is 0 Å². The SMILES string of the molecule is C=Cc1nccc2cccc(O)c12. The smallest absolute Gasteiger partial charge is 0.125 e. The highest BCUT2D eigenvalue weighted by Crippen LogP contribution is 2.26. The third-order valence-corrected chi connectivity index (χ3v) is 1.99. The quantitative estimate of drug-likeness (QED) is 0.715. The van der Waals surface area contributed by atoms with Gasteiger partial charge < -0.3 is 5.11 Å². The number of phenolic OH excluding ortho intramolecular Hbond substituents is 1. The zero-order valence-electron chi connectivity index (χ0n) is 7.07. The Hall–Kier alpha value is -1.83. The number of nitrogens with zero attached hydrogens (tertiary/aromatic N) is 1. The van der Waals surface area contributed by atoms with Crippen molar-refractivity contribution < 1.29 is 5.11 Å². The van der Waals surface area contributed by atoms with Crippen LogP contribution in [0.25, 0.3) is 16.8 Å². The average molecular weight is 171 g/mol. The van der Waals surface area contributed by atoms with Crippen LogP contribution in [0.15, 0.2) is 37.0 Å². The third kappa shape index (κ3) is 1.16. The molecule has 0 aliphatic heterocycles. The molecule has 0 fully saturated rings. The molecule has 0 bridgehead atoms. The van der Waals surface area contributed by atoms with Gasteiger partial charge in [0, 0.05) is 11.6 Å². The van der Waals surface area contributed by atoms with Crippen LogP contribution in [0.1, 0.15) is 5.69 Å². The van der Waals surface area contributed by atoms with Crippen molar-refractivity contribution in [1.29, 1.82) is 0 Å². The van der Waals surface area contributed by atoms with Crippen molar-refractivity contribution in [3.05, 3.63) is 42.7 Å². The van der Waals surface area contributed by atoms with E-state index in [0.717, 1.165) is 16.5 Å². The van der Waals surface area contributed by atoms with Gasteiger partial charge in [-0.15, -0.1) is 0 Å². The Bertz CT molecular complexity index is 457. The van der Waals surface area contributed by atoms with E-state index in [-0.39, 0.29) is 5.75 Å². The molecule has 2 heteroatoms. The molecule has 2 rings (SSSR count). The molecule has 0 aliphatic carbocycles. The van der Waals surface area contributed by atoms with E-state index in [9.17, 15) is 5.11 Å². The van der Waals surface area contributed by atoms with E-state index < -0.39 is 0 Å². The molecule has 0 spiro atoms. The largest absolute Gasteiger partial charge is 0.507 e. The van der Waals surface area contributed by atoms with Crippen molar-refractivity contribution in [3.63, 3.8) is 0 Å². The van der Waals surface area contributed by atoms with Crippen molar-refractivity contribution in [1.82, 2.24) is 4.98 Å². The van der Waals surface area contributed by atoms with Gasteiger partial charge in [0.15, 0.2) is 0 Å². The Kier molecular flexibility index (Phi) is 1.74. The molecule has 0 saturated heterocycles. The van der Waals surface area contributed by atoms with Gasteiger partial charge >= 0.3 is 0 Å². The molecule has 0 saturated carbocycles. The predicted octanol–water partition coefficient (Wildman–Crippen LogP) is 2.58. The van der Waals surface area contributed by atoms with Crippen molar-refractivity contribution in [2.24, 2.45) is 0 Å². The van der Waals surface area contributed by atoms with Crippen LogP contribution >= 0.6 is 0 Å². The molecule has 0 atom stereocenters. The van der Waals surface area contributed by atoms with E-state index in [0.29, 0.717) is 0 Å². The van der Waals surface area contributed by atoms with E-state index in [1.807, 2.05) is 18.2 Å². The molecular weight excluding hydrogens is 162 g/mol. The number of rotatable bonds is 1. The Morgan fingerprint density at radius 3 is 2.92 bits per heavy atom. The van der Waals surface area contributed by atoms with Gasteiger partial charge in [-0.3, -0.25) is 4.98 Å². The summed E-state index contributed by atoms with van der Waals surface area (Å²) < 4.78 is 0. The monoisotopic (exact) mass is 171 g/mol. The van der Waals surface area contributed by atoms with E-state index in [2.05, 4.69) is 11.6 Å². The van der Waals surface area contributed by atoms with Gasteiger partial charge in [0.2, 0.25) is 0 Å². The molecule has 0 amide bonds. The topological polar surface area (TPSA) is 33.1 Å². The summed E-state index contributed by atoms with van der Waals surface area (Å²) in [5, 5.41) is 11.3. The van der Waals surface area contributed by atoms with Crippen LogP contribution in [0.3, 0.4) is 0 Å². The molecule has 13 heavy (non-hydrogen) atoms. The summed E-state index contributed by atoms with van der Waals surface area (Å²) in [7, 11) is 0. The average Bonchev–Trinajstić information content (AvgIpc) is 2.17. The number of aromatic hydroxyl groups is 1. The van der Waals surface area contributed by atoms with Crippen LogP contribution in [0.5, 0.6) is 5.75 Å². The number of fused-ring (bicyclic) bond motifs is 1. The fourth-order valence-electron chi connectivity index (χ4n) is 1.39. The molecule has 2 aromatic rings. The van der Waals surface area contributed by atoms with Gasteiger partial charge in [-0.05, 0) is 23.6 Å². The van der Waals surface area contributed by atoms with Gasteiger partial charge in [-0.2, -0.15) is 0 Å². The van der Waals surface area contributed by atoms with Crippen LogP contribution in [0.4, 0.5) is 0 Å². The maximum Gasteiger partial charge on any atom is 0.125 e. The molecule has 1 aromatic heterocycles. The third-order valence-electron chi connectivity index (χ3n) is 1.99. The number of hydrogen-bond donors (Lipinski definition) is 1. The molecule has 64 valence electrons. The molecule has 1 N–H and O–H groups in total. The Labute approximate surface area is 76.2 Å². The lowest BCUT2D eigenvalue weighted by atomic mass is 10.1. The highest BCUT2D eigenvalue weighted by atomic mass is 16.3. The number of benzene rings is 1. The van der Waals surface area contributed by atoms with Crippen molar-refractivity contribution in [2.45, 2.75) is 0 Å². The summed E-state index contributed by atoms with van der Waals surface area (Å²) >= 11 is 0. The molecular formula is C11H9NO. The van der Waals surface area contributed by atoms with Crippen LogP contribution in [-0.2, 0) is 0 Å². The van der Waals surface area contributed by atoms with E-state index in [4.69, 9.17) is 0 Å². The van der Waals surface area contributed by atoms with Crippen molar-refractivity contribution in [2.75, 3.05) is 0 Å². The fourth-order valence-corrected chi connectivity index (χ4v) is 1.39. The van der Waals surface area contributed by atoms with Gasteiger partial charge in [0.05, 0.1) is 5.69 Å². The molecule has 0 unspecified atom stereocenters. The second-order valence-electron chi connectivity index (χ2n) is 2.78. The fraction of sp³-hybridized carbons (Fsp3) is 0. The summed E-state index contributed by atoms with van der Waals surface area (Å²) in [6.07, 6.45) is 3.35. The molecule has 2 nitrogen and oxygen atoms in total. The second-order valence-corrected chi connectivity index (χ2v) is 2.78. The van der Waals surface area contributed by atoms with E-state index in [1.54, 1.807) is 18.3 Å². The van der Waals surface area contributed by atoms with Gasteiger partial charge in [-0.1, -0.05) is 18.7 Å². The minimum atomic E-state index is 0.250. The Morgan fingerprint density at radius 1 is 1.31 bits per heavy atom. The summed E-state index contributed by atoms with van der Waals surface area (Å²) in [5.74, 6) is 0.250. The minimum Gasteiger partial charge on any atom is -0.507 e. The maximum atomic E-state index is 9.60. The number of hydrogen-bond acceptors (Lipinski definition) is 2. The van der Waals surface area contributed by atoms with Crippen molar-refractivity contribution >= 4 is 16.8 Å². The summed E-state index contributed by atoms with van der Waals surface area (Å²) in [5.41, 5.74) is 0.718. The number of aromatic nitrogens is 1. The molecule has 0 aliphatic rings. The zero-order chi connectivity index (χ0) is 9.26. The molecule has 1 aromatic carbocycles. The van der Waals surface area contributed by atoms with Gasteiger partial charge in [0.1, 0.15) is 5.75 Å². The maximum absolute atomic E-state index is 9.60. The van der Waals surface area contributed by atoms with E-state index in [1.165, 1.54) is 0 Å². The molecule has 1 heterocycles. The van der Waals surface area contributed by atoms with Crippen LogP contribution < -0.4 is 0 Å². The molecule has 0 radical (unpaired) electrons. The minimum absolute atomic E-state index is 0.250. The standard InChI is InChI=1S/C11H9NO/c1-2-9-11-8(6-7-12-9)4-3-5-10(11)13/h2-7,13H,1H2. The van der Waals surface area contributed by atoms with Gasteiger partial charge in [-0.25, -0.2) is 0 Å². The first-order valence-electron chi connectivity index (χ1n) is 4.02. The highest BCUT2D eigenvalue weighted by molar-refractivity contribution is 5.93. The normalized spacial score (nSPS) is 10.2. The zero-order valence-corrected chi connectivity index (χ0v) is 7.07. The van der Waals surface area contributed by atoms with E-state index >= 15 is 0 Å². The number of phenols is 1. The highest BCUT2D eigenvalue weighted by Gasteiger charge is 2.02. The predicted molar refractivity (Wildman–Crippen MR) is 53.5 cm³/mol. The first-order valence-corrected chi connectivity index (χ1v) is 4.02. The van der Waals surface area contributed by atoms with Crippen LogP contribution in [0, 0.1) is 0 Å².